The first-order chi connectivity index (χ1) is 11.2. The highest BCUT2D eigenvalue weighted by molar-refractivity contribution is 8.01. The van der Waals surface area contributed by atoms with Crippen molar-refractivity contribution < 1.29 is 4.79 Å². The number of carbonyl (C=O) groups is 1. The molecule has 118 valence electrons. The van der Waals surface area contributed by atoms with Crippen LogP contribution >= 0.6 is 11.8 Å². The monoisotopic (exact) mass is 324 g/mol. The van der Waals surface area contributed by atoms with Crippen LogP contribution in [0.1, 0.15) is 18.1 Å². The fourth-order valence-corrected chi connectivity index (χ4v) is 4.60. The molecule has 0 saturated carbocycles. The number of nitrogens with zero attached hydrogens (tertiary/aromatic N) is 1. The van der Waals surface area contributed by atoms with Gasteiger partial charge in [0, 0.05) is 29.4 Å². The molecule has 2 aromatic carbocycles. The molecule has 0 aromatic heterocycles. The van der Waals surface area contributed by atoms with Gasteiger partial charge in [-0.1, -0.05) is 24.3 Å². The van der Waals surface area contributed by atoms with E-state index in [0.29, 0.717) is 0 Å². The molecular formula is C19H20N2OS. The average Bonchev–Trinajstić information content (AvgIpc) is 3.18. The lowest BCUT2D eigenvalue weighted by Gasteiger charge is -2.18. The van der Waals surface area contributed by atoms with Crippen molar-refractivity contribution in [2.24, 2.45) is 0 Å². The van der Waals surface area contributed by atoms with Gasteiger partial charge in [0.05, 0.1) is 5.25 Å². The molecule has 0 bridgehead atoms. The summed E-state index contributed by atoms with van der Waals surface area (Å²) < 4.78 is 0. The largest absolute Gasteiger partial charge is 0.371 e. The van der Waals surface area contributed by atoms with Crippen molar-refractivity contribution >= 4 is 29.0 Å². The number of likely N-dealkylation sites (N-methyl/N-ethyl adjacent to an activating group) is 1. The molecule has 1 N–H and O–H groups in total. The minimum atomic E-state index is -0.0251. The van der Waals surface area contributed by atoms with Crippen LogP contribution < -0.4 is 10.2 Å². The number of amides is 1. The number of fused-ring (bicyclic) bond motifs is 2. The molecule has 2 aromatic rings. The van der Waals surface area contributed by atoms with E-state index in [1.54, 1.807) is 11.8 Å². The molecule has 2 heterocycles. The summed E-state index contributed by atoms with van der Waals surface area (Å²) in [4.78, 5) is 16.2. The van der Waals surface area contributed by atoms with Gasteiger partial charge in [0.25, 0.3) is 0 Å². The normalized spacial score (nSPS) is 18.7. The van der Waals surface area contributed by atoms with Gasteiger partial charge in [-0.3, -0.25) is 4.79 Å². The van der Waals surface area contributed by atoms with Crippen LogP contribution in [-0.2, 0) is 17.6 Å². The number of thioether (sulfide) groups is 1. The Morgan fingerprint density at radius 3 is 2.96 bits per heavy atom. The SMILES string of the molecule is CCN1CCc2ccc(NC(=O)C3Cc4ccccc4S3)cc21. The zero-order chi connectivity index (χ0) is 15.8. The fraction of sp³-hybridized carbons (Fsp3) is 0.316. The number of hydrogen-bond acceptors (Lipinski definition) is 3. The molecule has 0 radical (unpaired) electrons. The summed E-state index contributed by atoms with van der Waals surface area (Å²) in [7, 11) is 0. The molecule has 4 heteroatoms. The highest BCUT2D eigenvalue weighted by Crippen LogP contribution is 2.37. The number of rotatable bonds is 3. The molecule has 1 unspecified atom stereocenters. The van der Waals surface area contributed by atoms with E-state index in [9.17, 15) is 4.79 Å². The van der Waals surface area contributed by atoms with Crippen LogP contribution in [0.4, 0.5) is 11.4 Å². The Kier molecular flexibility index (Phi) is 3.77. The molecule has 0 spiro atoms. The summed E-state index contributed by atoms with van der Waals surface area (Å²) in [5.41, 5.74) is 4.84. The number of carbonyl (C=O) groups excluding carboxylic acids is 1. The second kappa shape index (κ2) is 5.93. The van der Waals surface area contributed by atoms with Gasteiger partial charge < -0.3 is 10.2 Å². The third kappa shape index (κ3) is 2.72. The van der Waals surface area contributed by atoms with Gasteiger partial charge in [-0.25, -0.2) is 0 Å². The topological polar surface area (TPSA) is 32.3 Å². The van der Waals surface area contributed by atoms with Gasteiger partial charge in [-0.15, -0.1) is 11.8 Å². The van der Waals surface area contributed by atoms with Crippen LogP contribution in [0.5, 0.6) is 0 Å². The van der Waals surface area contributed by atoms with E-state index >= 15 is 0 Å². The Bertz CT molecular complexity index is 734. The van der Waals surface area contributed by atoms with Crippen LogP contribution in [0, 0.1) is 0 Å². The van der Waals surface area contributed by atoms with E-state index in [1.807, 2.05) is 18.2 Å². The first-order valence-electron chi connectivity index (χ1n) is 8.18. The number of hydrogen-bond donors (Lipinski definition) is 1. The lowest BCUT2D eigenvalue weighted by Crippen LogP contribution is -2.25. The maximum absolute atomic E-state index is 12.6. The summed E-state index contributed by atoms with van der Waals surface area (Å²) in [6.45, 7) is 4.27. The zero-order valence-corrected chi connectivity index (χ0v) is 14.0. The Morgan fingerprint density at radius 2 is 2.13 bits per heavy atom. The second-order valence-electron chi connectivity index (χ2n) is 6.08. The van der Waals surface area contributed by atoms with Crippen LogP contribution in [0.3, 0.4) is 0 Å². The molecule has 2 aliphatic rings. The Hall–Kier alpha value is -1.94. The van der Waals surface area contributed by atoms with Crippen LogP contribution in [0.25, 0.3) is 0 Å². The van der Waals surface area contributed by atoms with Crippen molar-refractivity contribution in [1.29, 1.82) is 0 Å². The lowest BCUT2D eigenvalue weighted by atomic mass is 10.1. The summed E-state index contributed by atoms with van der Waals surface area (Å²) in [5.74, 6) is 0.104. The average molecular weight is 324 g/mol. The number of anilines is 2. The summed E-state index contributed by atoms with van der Waals surface area (Å²) >= 11 is 1.67. The maximum atomic E-state index is 12.6. The van der Waals surface area contributed by atoms with Crippen LogP contribution in [0.15, 0.2) is 47.4 Å². The van der Waals surface area contributed by atoms with Crippen molar-refractivity contribution in [2.75, 3.05) is 23.3 Å². The van der Waals surface area contributed by atoms with E-state index < -0.39 is 0 Å². The third-order valence-corrected chi connectivity index (χ3v) is 5.98. The first kappa shape index (κ1) is 14.6. The van der Waals surface area contributed by atoms with Crippen LogP contribution in [0.2, 0.25) is 0 Å². The van der Waals surface area contributed by atoms with Crippen molar-refractivity contribution in [3.05, 3.63) is 53.6 Å². The predicted molar refractivity (Wildman–Crippen MR) is 96.5 cm³/mol. The van der Waals surface area contributed by atoms with Gasteiger partial charge in [0.15, 0.2) is 0 Å². The number of benzene rings is 2. The highest BCUT2D eigenvalue weighted by Gasteiger charge is 2.28. The molecule has 0 fully saturated rings. The summed E-state index contributed by atoms with van der Waals surface area (Å²) in [5, 5.41) is 3.08. The van der Waals surface area contributed by atoms with E-state index in [1.165, 1.54) is 21.7 Å². The Labute approximate surface area is 141 Å². The molecular weight excluding hydrogens is 304 g/mol. The van der Waals surface area contributed by atoms with Crippen molar-refractivity contribution in [2.45, 2.75) is 29.9 Å². The van der Waals surface area contributed by atoms with Gasteiger partial charge in [-0.05, 0) is 49.1 Å². The number of nitrogens with one attached hydrogen (secondary N) is 1. The smallest absolute Gasteiger partial charge is 0.238 e. The van der Waals surface area contributed by atoms with E-state index in [0.717, 1.165) is 31.6 Å². The molecule has 0 saturated heterocycles. The molecule has 23 heavy (non-hydrogen) atoms. The van der Waals surface area contributed by atoms with E-state index in [4.69, 9.17) is 0 Å². The van der Waals surface area contributed by atoms with Gasteiger partial charge >= 0.3 is 0 Å². The van der Waals surface area contributed by atoms with E-state index in [2.05, 4.69) is 41.4 Å². The standard InChI is InChI=1S/C19H20N2OS/c1-2-21-10-9-13-7-8-15(12-16(13)21)20-19(22)18-11-14-5-3-4-6-17(14)23-18/h3-8,12,18H,2,9-11H2,1H3,(H,20,22). The minimum Gasteiger partial charge on any atom is -0.371 e. The van der Waals surface area contributed by atoms with Crippen molar-refractivity contribution in [3.63, 3.8) is 0 Å². The highest BCUT2D eigenvalue weighted by atomic mass is 32.2. The zero-order valence-electron chi connectivity index (χ0n) is 13.2. The Balaban J connectivity index is 1.48. The second-order valence-corrected chi connectivity index (χ2v) is 7.33. The fourth-order valence-electron chi connectivity index (χ4n) is 3.40. The quantitative estimate of drug-likeness (QED) is 0.934. The van der Waals surface area contributed by atoms with Gasteiger partial charge in [0.2, 0.25) is 5.91 Å². The molecule has 1 atom stereocenters. The van der Waals surface area contributed by atoms with Crippen LogP contribution in [-0.4, -0.2) is 24.2 Å². The third-order valence-electron chi connectivity index (χ3n) is 4.67. The van der Waals surface area contributed by atoms with Crippen molar-refractivity contribution in [1.82, 2.24) is 0 Å². The molecule has 3 nitrogen and oxygen atoms in total. The van der Waals surface area contributed by atoms with Crippen molar-refractivity contribution in [3.8, 4) is 0 Å². The van der Waals surface area contributed by atoms with Gasteiger partial charge in [0.1, 0.15) is 0 Å². The first-order valence-corrected chi connectivity index (χ1v) is 9.06. The molecule has 2 aliphatic heterocycles. The molecule has 4 rings (SSSR count). The predicted octanol–water partition coefficient (Wildman–Crippen LogP) is 3.72. The Morgan fingerprint density at radius 1 is 1.26 bits per heavy atom. The maximum Gasteiger partial charge on any atom is 0.238 e. The lowest BCUT2D eigenvalue weighted by molar-refractivity contribution is -0.115. The minimum absolute atomic E-state index is 0.0251. The molecule has 1 amide bonds. The summed E-state index contributed by atoms with van der Waals surface area (Å²) in [6, 6.07) is 14.6. The van der Waals surface area contributed by atoms with E-state index in [-0.39, 0.29) is 11.2 Å². The summed E-state index contributed by atoms with van der Waals surface area (Å²) in [6.07, 6.45) is 1.92. The molecule has 0 aliphatic carbocycles. The van der Waals surface area contributed by atoms with Gasteiger partial charge in [-0.2, -0.15) is 0 Å².